The molecule has 0 bridgehead atoms. The van der Waals surface area contributed by atoms with Gasteiger partial charge in [-0.25, -0.2) is 0 Å². The molecule has 0 aliphatic carbocycles. The van der Waals surface area contributed by atoms with Crippen molar-refractivity contribution in [3.05, 3.63) is 87.0 Å². The third-order valence-corrected chi connectivity index (χ3v) is 4.96. The Kier molecular flexibility index (Phi) is 3.81. The topological polar surface area (TPSA) is 39.8 Å². The minimum Gasteiger partial charge on any atom is -0.317 e. The third kappa shape index (κ3) is 2.51. The zero-order valence-corrected chi connectivity index (χ0v) is 15.5. The van der Waals surface area contributed by atoms with Crippen LogP contribution in [0.1, 0.15) is 11.4 Å². The first-order valence-electron chi connectivity index (χ1n) is 7.99. The van der Waals surface area contributed by atoms with Crippen LogP contribution in [0.4, 0.5) is 0 Å². The van der Waals surface area contributed by atoms with Gasteiger partial charge in [-0.1, -0.05) is 40.2 Å². The van der Waals surface area contributed by atoms with Gasteiger partial charge in [0.2, 0.25) is 0 Å². The van der Waals surface area contributed by atoms with Crippen molar-refractivity contribution < 1.29 is 0 Å². The zero-order valence-electron chi connectivity index (χ0n) is 13.9. The van der Waals surface area contributed by atoms with Crippen LogP contribution in [0.15, 0.2) is 70.1 Å². The molecular weight excluding hydrogens is 378 g/mol. The van der Waals surface area contributed by atoms with Gasteiger partial charge in [0, 0.05) is 26.9 Å². The molecule has 0 unspecified atom stereocenters. The van der Waals surface area contributed by atoms with E-state index >= 15 is 0 Å². The van der Waals surface area contributed by atoms with E-state index in [1.54, 1.807) is 6.20 Å². The number of nitrogens with zero attached hydrogens (tertiary/aromatic N) is 3. The fourth-order valence-corrected chi connectivity index (χ4v) is 3.70. The summed E-state index contributed by atoms with van der Waals surface area (Å²) in [6, 6.07) is 17.5. The highest BCUT2D eigenvalue weighted by molar-refractivity contribution is 9.10. The maximum absolute atomic E-state index is 13.1. The number of aryl methyl sites for hydroxylation is 2. The predicted molar refractivity (Wildman–Crippen MR) is 104 cm³/mol. The Hall–Kier alpha value is -2.66. The summed E-state index contributed by atoms with van der Waals surface area (Å²) in [5, 5.41) is 5.97. The van der Waals surface area contributed by atoms with Crippen molar-refractivity contribution in [2.24, 2.45) is 0 Å². The molecular formula is C20H16BrN3O. The SMILES string of the molecule is Cc1c2cnn(-c3ccccc3)c(=O)c2c(C)n1-c1cccc(Br)c1. The lowest BCUT2D eigenvalue weighted by molar-refractivity contribution is 0.821. The van der Waals surface area contributed by atoms with Crippen molar-refractivity contribution in [1.82, 2.24) is 14.3 Å². The minimum absolute atomic E-state index is 0.0990. The van der Waals surface area contributed by atoms with Crippen molar-refractivity contribution in [3.63, 3.8) is 0 Å². The fourth-order valence-electron chi connectivity index (χ4n) is 3.32. The Morgan fingerprint density at radius 2 is 1.64 bits per heavy atom. The Balaban J connectivity index is 2.03. The van der Waals surface area contributed by atoms with Gasteiger partial charge in [-0.2, -0.15) is 9.78 Å². The first-order chi connectivity index (χ1) is 12.1. The summed E-state index contributed by atoms with van der Waals surface area (Å²) >= 11 is 3.52. The molecule has 5 heteroatoms. The second kappa shape index (κ2) is 6.01. The van der Waals surface area contributed by atoms with Crippen LogP contribution in [0.3, 0.4) is 0 Å². The maximum Gasteiger partial charge on any atom is 0.281 e. The van der Waals surface area contributed by atoms with E-state index in [9.17, 15) is 4.79 Å². The average molecular weight is 394 g/mol. The highest BCUT2D eigenvalue weighted by Crippen LogP contribution is 2.27. The van der Waals surface area contributed by atoms with Crippen molar-refractivity contribution in [2.45, 2.75) is 13.8 Å². The lowest BCUT2D eigenvalue weighted by Crippen LogP contribution is -2.20. The largest absolute Gasteiger partial charge is 0.317 e. The summed E-state index contributed by atoms with van der Waals surface area (Å²) in [5.74, 6) is 0. The molecule has 0 fully saturated rings. The Labute approximate surface area is 153 Å². The molecule has 4 nitrogen and oxygen atoms in total. The molecule has 0 spiro atoms. The zero-order chi connectivity index (χ0) is 17.6. The number of hydrogen-bond donors (Lipinski definition) is 0. The standard InChI is InChI=1S/C20H16BrN3O/c1-13-18-12-22-24(16-8-4-3-5-9-16)20(25)19(18)14(2)23(13)17-10-6-7-15(21)11-17/h3-12H,1-2H3. The normalized spacial score (nSPS) is 11.2. The molecule has 0 aliphatic heterocycles. The molecule has 0 amide bonds. The van der Waals surface area contributed by atoms with Gasteiger partial charge in [0.1, 0.15) is 0 Å². The van der Waals surface area contributed by atoms with Crippen molar-refractivity contribution in [2.75, 3.05) is 0 Å². The van der Waals surface area contributed by atoms with Crippen LogP contribution < -0.4 is 5.56 Å². The van der Waals surface area contributed by atoms with Crippen LogP contribution in [0.2, 0.25) is 0 Å². The summed E-state index contributed by atoms with van der Waals surface area (Å²) in [6.07, 6.45) is 1.78. The van der Waals surface area contributed by atoms with Crippen LogP contribution in [0, 0.1) is 13.8 Å². The van der Waals surface area contributed by atoms with Gasteiger partial charge in [0.25, 0.3) is 5.56 Å². The van der Waals surface area contributed by atoms with Crippen molar-refractivity contribution in [1.29, 1.82) is 0 Å². The summed E-state index contributed by atoms with van der Waals surface area (Å²) in [4.78, 5) is 13.1. The molecule has 124 valence electrons. The number of fused-ring (bicyclic) bond motifs is 1. The highest BCUT2D eigenvalue weighted by Gasteiger charge is 2.17. The summed E-state index contributed by atoms with van der Waals surface area (Å²) in [7, 11) is 0. The Morgan fingerprint density at radius 3 is 2.36 bits per heavy atom. The Morgan fingerprint density at radius 1 is 0.920 bits per heavy atom. The van der Waals surface area contributed by atoms with Crippen LogP contribution in [-0.2, 0) is 0 Å². The van der Waals surface area contributed by atoms with Gasteiger partial charge < -0.3 is 4.57 Å². The average Bonchev–Trinajstić information content (AvgIpc) is 2.87. The predicted octanol–water partition coefficient (Wildman–Crippen LogP) is 4.56. The molecule has 0 radical (unpaired) electrons. The van der Waals surface area contributed by atoms with Gasteiger partial charge in [-0.15, -0.1) is 0 Å². The number of rotatable bonds is 2. The molecule has 4 aromatic rings. The first-order valence-corrected chi connectivity index (χ1v) is 8.78. The molecule has 4 rings (SSSR count). The summed E-state index contributed by atoms with van der Waals surface area (Å²) in [5.41, 5.74) is 3.61. The van der Waals surface area contributed by atoms with E-state index in [-0.39, 0.29) is 5.56 Å². The number of para-hydroxylation sites is 1. The second-order valence-corrected chi connectivity index (χ2v) is 6.89. The molecule has 2 aromatic carbocycles. The second-order valence-electron chi connectivity index (χ2n) is 5.97. The number of benzene rings is 2. The van der Waals surface area contributed by atoms with Gasteiger partial charge in [-0.3, -0.25) is 4.79 Å². The van der Waals surface area contributed by atoms with Crippen LogP contribution in [0.25, 0.3) is 22.1 Å². The lowest BCUT2D eigenvalue weighted by atomic mass is 10.2. The maximum atomic E-state index is 13.1. The molecule has 0 saturated carbocycles. The molecule has 2 heterocycles. The van der Waals surface area contributed by atoms with Crippen molar-refractivity contribution in [3.8, 4) is 11.4 Å². The van der Waals surface area contributed by atoms with Crippen LogP contribution in [-0.4, -0.2) is 14.3 Å². The van der Waals surface area contributed by atoms with Crippen molar-refractivity contribution >= 4 is 26.7 Å². The van der Waals surface area contributed by atoms with E-state index in [4.69, 9.17) is 0 Å². The van der Waals surface area contributed by atoms with E-state index in [0.717, 1.165) is 32.6 Å². The molecule has 0 atom stereocenters. The highest BCUT2D eigenvalue weighted by atomic mass is 79.9. The third-order valence-electron chi connectivity index (χ3n) is 4.47. The van der Waals surface area contributed by atoms with Gasteiger partial charge in [0.15, 0.2) is 0 Å². The van der Waals surface area contributed by atoms with Gasteiger partial charge in [-0.05, 0) is 44.2 Å². The smallest absolute Gasteiger partial charge is 0.281 e. The molecule has 0 aliphatic rings. The number of aromatic nitrogens is 3. The van der Waals surface area contributed by atoms with E-state index in [0.29, 0.717) is 5.39 Å². The van der Waals surface area contributed by atoms with E-state index < -0.39 is 0 Å². The molecule has 25 heavy (non-hydrogen) atoms. The van der Waals surface area contributed by atoms with Gasteiger partial charge >= 0.3 is 0 Å². The number of halogens is 1. The molecule has 2 aromatic heterocycles. The van der Waals surface area contributed by atoms with Crippen LogP contribution in [0.5, 0.6) is 0 Å². The fraction of sp³-hybridized carbons (Fsp3) is 0.100. The number of hydrogen-bond acceptors (Lipinski definition) is 2. The van der Waals surface area contributed by atoms with Crippen LogP contribution >= 0.6 is 15.9 Å². The monoisotopic (exact) mass is 393 g/mol. The lowest BCUT2D eigenvalue weighted by Gasteiger charge is -2.09. The first kappa shape index (κ1) is 15.8. The minimum atomic E-state index is -0.0990. The quantitative estimate of drug-likeness (QED) is 0.500. The molecule has 0 saturated heterocycles. The Bertz CT molecular complexity index is 1140. The van der Waals surface area contributed by atoms with E-state index in [1.807, 2.05) is 68.4 Å². The van der Waals surface area contributed by atoms with Gasteiger partial charge in [0.05, 0.1) is 17.3 Å². The summed E-state index contributed by atoms with van der Waals surface area (Å²) in [6.45, 7) is 4.00. The van der Waals surface area contributed by atoms with E-state index in [2.05, 4.69) is 25.6 Å². The van der Waals surface area contributed by atoms with E-state index in [1.165, 1.54) is 4.68 Å². The summed E-state index contributed by atoms with van der Waals surface area (Å²) < 4.78 is 4.56. The molecule has 0 N–H and O–H groups in total.